The van der Waals surface area contributed by atoms with Gasteiger partial charge in [0.25, 0.3) is 11.8 Å². The number of carbonyl (C=O) groups is 2. The number of amides is 2. The van der Waals surface area contributed by atoms with Crippen LogP contribution in [-0.4, -0.2) is 51.4 Å². The van der Waals surface area contributed by atoms with Crippen LogP contribution < -0.4 is 15.0 Å². The molecule has 0 radical (unpaired) electrons. The van der Waals surface area contributed by atoms with Gasteiger partial charge in [-0.15, -0.1) is 0 Å². The van der Waals surface area contributed by atoms with Gasteiger partial charge in [-0.1, -0.05) is 0 Å². The Balaban J connectivity index is 1.77. The van der Waals surface area contributed by atoms with Crippen LogP contribution in [0.25, 0.3) is 11.3 Å². The van der Waals surface area contributed by atoms with E-state index < -0.39 is 18.3 Å². The van der Waals surface area contributed by atoms with Gasteiger partial charge in [0.15, 0.2) is 0 Å². The second kappa shape index (κ2) is 8.92. The van der Waals surface area contributed by atoms with E-state index in [0.29, 0.717) is 34.6 Å². The average molecular weight is 502 g/mol. The van der Waals surface area contributed by atoms with Crippen LogP contribution in [0.4, 0.5) is 18.9 Å². The number of aromatic nitrogens is 4. The lowest BCUT2D eigenvalue weighted by Crippen LogP contribution is -2.39. The summed E-state index contributed by atoms with van der Waals surface area (Å²) in [7, 11) is 1.42. The van der Waals surface area contributed by atoms with E-state index in [0.717, 1.165) is 4.68 Å². The lowest BCUT2D eigenvalue weighted by Gasteiger charge is -2.30. The summed E-state index contributed by atoms with van der Waals surface area (Å²) in [5, 5.41) is 6.50. The number of alkyl halides is 3. The van der Waals surface area contributed by atoms with Gasteiger partial charge in [0.2, 0.25) is 5.88 Å². The van der Waals surface area contributed by atoms with Crippen LogP contribution in [0.1, 0.15) is 52.7 Å². The third-order valence-electron chi connectivity index (χ3n) is 5.91. The van der Waals surface area contributed by atoms with Crippen molar-refractivity contribution in [1.82, 2.24) is 25.1 Å². The van der Waals surface area contributed by atoms with E-state index in [4.69, 9.17) is 9.72 Å². The predicted molar refractivity (Wildman–Crippen MR) is 125 cm³/mol. The number of aryl methyl sites for hydroxylation is 1. The highest BCUT2D eigenvalue weighted by Gasteiger charge is 2.47. The maximum absolute atomic E-state index is 13.4. The monoisotopic (exact) mass is 502 g/mol. The fourth-order valence-corrected chi connectivity index (χ4v) is 4.36. The third-order valence-corrected chi connectivity index (χ3v) is 5.91. The Bertz CT molecular complexity index is 1350. The van der Waals surface area contributed by atoms with E-state index in [9.17, 15) is 22.8 Å². The first kappa shape index (κ1) is 25.1. The number of methoxy groups -OCH3 is 1. The summed E-state index contributed by atoms with van der Waals surface area (Å²) in [5.74, 6) is -0.562. The number of anilines is 1. The lowest BCUT2D eigenvalue weighted by atomic mass is 9.96. The van der Waals surface area contributed by atoms with Crippen molar-refractivity contribution >= 4 is 17.5 Å². The molecule has 190 valence electrons. The van der Waals surface area contributed by atoms with Gasteiger partial charge in [-0.3, -0.25) is 19.2 Å². The molecule has 12 heteroatoms. The first-order valence-electron chi connectivity index (χ1n) is 11.2. The Morgan fingerprint density at radius 3 is 2.58 bits per heavy atom. The van der Waals surface area contributed by atoms with Crippen LogP contribution in [0.3, 0.4) is 0 Å². The van der Waals surface area contributed by atoms with Crippen molar-refractivity contribution in [3.8, 4) is 17.1 Å². The number of halogens is 3. The van der Waals surface area contributed by atoms with Gasteiger partial charge in [0.05, 0.1) is 41.5 Å². The smallest absolute Gasteiger partial charge is 0.408 e. The van der Waals surface area contributed by atoms with E-state index in [1.54, 1.807) is 39.8 Å². The molecule has 1 aliphatic heterocycles. The summed E-state index contributed by atoms with van der Waals surface area (Å²) in [6.07, 6.45) is -0.484. The number of carbonyl (C=O) groups excluding carboxylic acids is 2. The summed E-state index contributed by atoms with van der Waals surface area (Å²) in [6, 6.07) is 3.34. The predicted octanol–water partition coefficient (Wildman–Crippen LogP) is 3.86. The normalized spacial score (nSPS) is 14.7. The molecule has 0 saturated carbocycles. The molecule has 0 saturated heterocycles. The van der Waals surface area contributed by atoms with Crippen LogP contribution >= 0.6 is 0 Å². The van der Waals surface area contributed by atoms with Crippen LogP contribution in [-0.2, 0) is 12.1 Å². The first-order chi connectivity index (χ1) is 16.9. The Morgan fingerprint density at radius 2 is 1.94 bits per heavy atom. The SMILES string of the molecule is CCNC(=O)c1cc(-c2cc(C)c3c(n2)C(C)(C)N(c2cnn(CC(F)(F)F)c2)C3=O)cnc1OC. The largest absolute Gasteiger partial charge is 0.480 e. The molecule has 3 aromatic rings. The molecule has 1 N–H and O–H groups in total. The highest BCUT2D eigenvalue weighted by atomic mass is 19.4. The van der Waals surface area contributed by atoms with Crippen LogP contribution in [0.2, 0.25) is 0 Å². The van der Waals surface area contributed by atoms with E-state index in [1.807, 2.05) is 0 Å². The van der Waals surface area contributed by atoms with Crippen LogP contribution in [0, 0.1) is 6.92 Å². The molecule has 0 atom stereocenters. The second-order valence-corrected chi connectivity index (χ2v) is 8.90. The Kier molecular flexibility index (Phi) is 6.23. The zero-order valence-electron chi connectivity index (χ0n) is 20.4. The van der Waals surface area contributed by atoms with Crippen LogP contribution in [0.15, 0.2) is 30.7 Å². The van der Waals surface area contributed by atoms with E-state index in [2.05, 4.69) is 15.4 Å². The molecular weight excluding hydrogens is 477 g/mol. The summed E-state index contributed by atoms with van der Waals surface area (Å²) in [6.45, 7) is 6.25. The minimum absolute atomic E-state index is 0.167. The molecule has 4 rings (SSSR count). The topological polar surface area (TPSA) is 102 Å². The molecule has 4 heterocycles. The van der Waals surface area contributed by atoms with Gasteiger partial charge < -0.3 is 10.1 Å². The lowest BCUT2D eigenvalue weighted by molar-refractivity contribution is -0.142. The van der Waals surface area contributed by atoms with Crippen molar-refractivity contribution in [2.24, 2.45) is 0 Å². The van der Waals surface area contributed by atoms with Crippen molar-refractivity contribution in [3.05, 3.63) is 53.1 Å². The molecule has 0 unspecified atom stereocenters. The van der Waals surface area contributed by atoms with E-state index >= 15 is 0 Å². The fourth-order valence-electron chi connectivity index (χ4n) is 4.36. The number of hydrogen-bond acceptors (Lipinski definition) is 6. The molecule has 0 aliphatic carbocycles. The number of nitrogens with zero attached hydrogens (tertiary/aromatic N) is 5. The standard InChI is InChI=1S/C24H25F3N6O3/c1-6-28-20(34)16-8-14(9-29-21(16)36-5)17-7-13(2)18-19(31-17)23(3,4)33(22(18)35)15-10-30-32(11-15)12-24(25,26)27/h7-11H,6,12H2,1-5H3,(H,28,34). The van der Waals surface area contributed by atoms with Crippen molar-refractivity contribution < 1.29 is 27.5 Å². The van der Waals surface area contributed by atoms with Gasteiger partial charge in [0.1, 0.15) is 12.1 Å². The zero-order chi connectivity index (χ0) is 26.4. The summed E-state index contributed by atoms with van der Waals surface area (Å²) >= 11 is 0. The van der Waals surface area contributed by atoms with E-state index in [-0.39, 0.29) is 28.9 Å². The van der Waals surface area contributed by atoms with Gasteiger partial charge in [0, 0.05) is 24.5 Å². The highest BCUT2D eigenvalue weighted by Crippen LogP contribution is 2.43. The average Bonchev–Trinajstić information content (AvgIpc) is 3.31. The minimum atomic E-state index is -4.44. The number of ether oxygens (including phenoxy) is 1. The van der Waals surface area contributed by atoms with Gasteiger partial charge in [-0.05, 0) is 45.4 Å². The van der Waals surface area contributed by atoms with Crippen molar-refractivity contribution in [3.63, 3.8) is 0 Å². The minimum Gasteiger partial charge on any atom is -0.480 e. The Hall–Kier alpha value is -3.96. The molecule has 3 aromatic heterocycles. The quantitative estimate of drug-likeness (QED) is 0.549. The molecule has 0 spiro atoms. The van der Waals surface area contributed by atoms with Crippen LogP contribution in [0.5, 0.6) is 5.88 Å². The Morgan fingerprint density at radius 1 is 1.22 bits per heavy atom. The van der Waals surface area contributed by atoms with Crippen molar-refractivity contribution in [2.75, 3.05) is 18.6 Å². The third kappa shape index (κ3) is 4.38. The zero-order valence-corrected chi connectivity index (χ0v) is 20.4. The van der Waals surface area contributed by atoms with Crippen molar-refractivity contribution in [2.45, 2.75) is 46.0 Å². The molecule has 9 nitrogen and oxygen atoms in total. The molecule has 0 fully saturated rings. The molecule has 1 aliphatic rings. The molecule has 2 amide bonds. The first-order valence-corrected chi connectivity index (χ1v) is 11.2. The highest BCUT2D eigenvalue weighted by molar-refractivity contribution is 6.12. The number of hydrogen-bond donors (Lipinski definition) is 1. The molecule has 0 aromatic carbocycles. The second-order valence-electron chi connectivity index (χ2n) is 8.90. The summed E-state index contributed by atoms with van der Waals surface area (Å²) in [5.41, 5.74) is 1.99. The van der Waals surface area contributed by atoms with Gasteiger partial charge in [-0.25, -0.2) is 9.97 Å². The van der Waals surface area contributed by atoms with Gasteiger partial charge >= 0.3 is 6.18 Å². The maximum Gasteiger partial charge on any atom is 0.408 e. The Labute approximate surface area is 205 Å². The number of nitrogens with one attached hydrogen (secondary N) is 1. The number of rotatable bonds is 6. The molecular formula is C24H25F3N6O3. The fraction of sp³-hybridized carbons (Fsp3) is 0.375. The number of fused-ring (bicyclic) bond motifs is 1. The summed E-state index contributed by atoms with van der Waals surface area (Å²) < 4.78 is 44.4. The van der Waals surface area contributed by atoms with Gasteiger partial charge in [-0.2, -0.15) is 18.3 Å². The van der Waals surface area contributed by atoms with Crippen molar-refractivity contribution in [1.29, 1.82) is 0 Å². The summed E-state index contributed by atoms with van der Waals surface area (Å²) in [4.78, 5) is 36.3. The number of pyridine rings is 2. The van der Waals surface area contributed by atoms with E-state index in [1.165, 1.54) is 30.6 Å². The maximum atomic E-state index is 13.4. The molecule has 36 heavy (non-hydrogen) atoms. The molecule has 0 bridgehead atoms.